The van der Waals surface area contributed by atoms with Crippen molar-refractivity contribution in [1.29, 1.82) is 0 Å². The fraction of sp³-hybridized carbons (Fsp3) is 0. The van der Waals surface area contributed by atoms with E-state index in [1.165, 1.54) is 58.6 Å². The van der Waals surface area contributed by atoms with E-state index in [-0.39, 0.29) is 0 Å². The fourth-order valence-electron chi connectivity index (χ4n) is 9.03. The van der Waals surface area contributed by atoms with E-state index < -0.39 is 0 Å². The topological polar surface area (TPSA) is 16.4 Å². The van der Waals surface area contributed by atoms with Crippen molar-refractivity contribution >= 4 is 92.1 Å². The highest BCUT2D eigenvalue weighted by Gasteiger charge is 2.18. The van der Waals surface area contributed by atoms with Gasteiger partial charge in [-0.3, -0.25) is 0 Å². The van der Waals surface area contributed by atoms with Crippen molar-refractivity contribution in [2.75, 3.05) is 4.90 Å². The molecule has 0 saturated carbocycles. The zero-order valence-corrected chi connectivity index (χ0v) is 32.8. The molecule has 2 heterocycles. The summed E-state index contributed by atoms with van der Waals surface area (Å²) in [5.41, 5.74) is 12.2. The van der Waals surface area contributed by atoms with Crippen LogP contribution in [0.15, 0.2) is 217 Å². The van der Waals surface area contributed by atoms with E-state index in [1.54, 1.807) is 0 Å². The molecule has 0 saturated heterocycles. The number of rotatable bonds is 6. The Balaban J connectivity index is 0.974. The van der Waals surface area contributed by atoms with Gasteiger partial charge in [0.15, 0.2) is 0 Å². The summed E-state index contributed by atoms with van der Waals surface area (Å²) in [6, 6.07) is 77.0. The van der Waals surface area contributed by atoms with E-state index in [1.807, 2.05) is 11.3 Å². The number of furan rings is 1. The van der Waals surface area contributed by atoms with Crippen LogP contribution in [0.3, 0.4) is 0 Å². The molecule has 276 valence electrons. The minimum Gasteiger partial charge on any atom is -0.455 e. The molecule has 0 radical (unpaired) electrons. The zero-order valence-electron chi connectivity index (χ0n) is 32.0. The van der Waals surface area contributed by atoms with E-state index in [0.717, 1.165) is 55.5 Å². The van der Waals surface area contributed by atoms with Crippen molar-refractivity contribution < 1.29 is 4.42 Å². The summed E-state index contributed by atoms with van der Waals surface area (Å²) in [5, 5.41) is 9.71. The van der Waals surface area contributed by atoms with E-state index in [0.29, 0.717) is 0 Å². The van der Waals surface area contributed by atoms with Crippen LogP contribution in [0, 0.1) is 0 Å². The van der Waals surface area contributed by atoms with Crippen LogP contribution in [0.1, 0.15) is 0 Å². The molecule has 0 bridgehead atoms. The fourth-order valence-corrected chi connectivity index (χ4v) is 10.1. The first-order chi connectivity index (χ1) is 29.2. The van der Waals surface area contributed by atoms with E-state index in [4.69, 9.17) is 4.42 Å². The van der Waals surface area contributed by atoms with Crippen molar-refractivity contribution in [3.05, 3.63) is 212 Å². The number of anilines is 3. The van der Waals surface area contributed by atoms with Gasteiger partial charge < -0.3 is 9.32 Å². The molecule has 10 aromatic carbocycles. The van der Waals surface area contributed by atoms with Gasteiger partial charge in [0.25, 0.3) is 0 Å². The van der Waals surface area contributed by atoms with Crippen molar-refractivity contribution in [1.82, 2.24) is 0 Å². The summed E-state index contributed by atoms with van der Waals surface area (Å²) < 4.78 is 9.19. The molecule has 0 fully saturated rings. The highest BCUT2D eigenvalue weighted by atomic mass is 32.1. The van der Waals surface area contributed by atoms with Crippen LogP contribution in [0.2, 0.25) is 0 Å². The Morgan fingerprint density at radius 3 is 1.80 bits per heavy atom. The molecular formula is C56H35NOS. The van der Waals surface area contributed by atoms with Crippen LogP contribution >= 0.6 is 11.3 Å². The molecule has 0 amide bonds. The van der Waals surface area contributed by atoms with Crippen LogP contribution in [0.5, 0.6) is 0 Å². The van der Waals surface area contributed by atoms with E-state index >= 15 is 0 Å². The average Bonchev–Trinajstić information content (AvgIpc) is 3.88. The summed E-state index contributed by atoms with van der Waals surface area (Å²) in [5.74, 6) is 0. The van der Waals surface area contributed by atoms with Gasteiger partial charge in [-0.15, -0.1) is 11.3 Å². The maximum Gasteiger partial charge on any atom is 0.143 e. The molecule has 2 aromatic heterocycles. The predicted octanol–water partition coefficient (Wildman–Crippen LogP) is 16.7. The molecule has 0 aliphatic heterocycles. The van der Waals surface area contributed by atoms with E-state index in [2.05, 4.69) is 217 Å². The minimum atomic E-state index is 0.899. The van der Waals surface area contributed by atoms with Gasteiger partial charge in [-0.05, 0) is 116 Å². The quantitative estimate of drug-likeness (QED) is 0.167. The van der Waals surface area contributed by atoms with Gasteiger partial charge in [0.2, 0.25) is 0 Å². The van der Waals surface area contributed by atoms with Crippen molar-refractivity contribution in [2.45, 2.75) is 0 Å². The van der Waals surface area contributed by atoms with Gasteiger partial charge in [-0.1, -0.05) is 146 Å². The molecule has 59 heavy (non-hydrogen) atoms. The Morgan fingerprint density at radius 1 is 0.339 bits per heavy atom. The Labute approximate surface area is 345 Å². The third-order valence-electron chi connectivity index (χ3n) is 11.9. The third-order valence-corrected chi connectivity index (χ3v) is 13.0. The van der Waals surface area contributed by atoms with Crippen LogP contribution in [0.25, 0.3) is 97.0 Å². The third kappa shape index (κ3) is 5.62. The number of hydrogen-bond donors (Lipinski definition) is 0. The zero-order chi connectivity index (χ0) is 38.9. The standard InChI is InChI=1S/C56H35NOS/c1-3-15-45-37(10-1)12-8-18-46(45)41-13-7-14-44(34-41)57(42-28-22-36(23-29-42)40-27-33-54-51(35-40)49-17-5-6-21-53(49)59-54)43-30-24-39(25-31-43)47-19-9-20-52-55(47)50-32-26-38-11-2-4-16-48(38)56(50)58-52/h1-35H. The summed E-state index contributed by atoms with van der Waals surface area (Å²) in [4.78, 5) is 2.37. The maximum absolute atomic E-state index is 6.55. The number of nitrogens with zero attached hydrogens (tertiary/aromatic N) is 1. The molecule has 0 spiro atoms. The first kappa shape index (κ1) is 33.7. The first-order valence-corrected chi connectivity index (χ1v) is 20.9. The molecule has 12 aromatic rings. The summed E-state index contributed by atoms with van der Waals surface area (Å²) >= 11 is 1.86. The highest BCUT2D eigenvalue weighted by molar-refractivity contribution is 7.25. The van der Waals surface area contributed by atoms with Crippen LogP contribution in [-0.2, 0) is 0 Å². The molecule has 12 rings (SSSR count). The Morgan fingerprint density at radius 2 is 0.966 bits per heavy atom. The van der Waals surface area contributed by atoms with Crippen molar-refractivity contribution in [2.24, 2.45) is 0 Å². The SMILES string of the molecule is c1cc(-c2cccc3ccccc23)cc(N(c2ccc(-c3ccc4sc5ccccc5c4c3)cc2)c2ccc(-c3cccc4oc5c6ccccc6ccc5c34)cc2)c1. The average molecular weight is 770 g/mol. The Bertz CT molecular complexity index is 3550. The lowest BCUT2D eigenvalue weighted by Gasteiger charge is -2.26. The highest BCUT2D eigenvalue weighted by Crippen LogP contribution is 2.43. The number of benzene rings is 10. The molecule has 0 aliphatic carbocycles. The lowest BCUT2D eigenvalue weighted by molar-refractivity contribution is 0.673. The second kappa shape index (κ2) is 13.6. The second-order valence-electron chi connectivity index (χ2n) is 15.3. The summed E-state index contributed by atoms with van der Waals surface area (Å²) in [7, 11) is 0. The van der Waals surface area contributed by atoms with Crippen LogP contribution in [-0.4, -0.2) is 0 Å². The minimum absolute atomic E-state index is 0.899. The van der Waals surface area contributed by atoms with Gasteiger partial charge in [-0.25, -0.2) is 0 Å². The predicted molar refractivity (Wildman–Crippen MR) is 253 cm³/mol. The van der Waals surface area contributed by atoms with Crippen LogP contribution < -0.4 is 4.90 Å². The van der Waals surface area contributed by atoms with Crippen LogP contribution in [0.4, 0.5) is 17.1 Å². The lowest BCUT2D eigenvalue weighted by Crippen LogP contribution is -2.10. The molecule has 0 N–H and O–H groups in total. The molecule has 0 unspecified atom stereocenters. The number of hydrogen-bond acceptors (Lipinski definition) is 3. The normalized spacial score (nSPS) is 11.7. The van der Waals surface area contributed by atoms with Crippen molar-refractivity contribution in [3.8, 4) is 33.4 Å². The monoisotopic (exact) mass is 769 g/mol. The molecule has 0 aliphatic rings. The lowest BCUT2D eigenvalue weighted by atomic mass is 9.97. The van der Waals surface area contributed by atoms with Crippen molar-refractivity contribution in [3.63, 3.8) is 0 Å². The number of fused-ring (bicyclic) bond motifs is 9. The summed E-state index contributed by atoms with van der Waals surface area (Å²) in [6.07, 6.45) is 0. The van der Waals surface area contributed by atoms with Gasteiger partial charge in [0.1, 0.15) is 11.2 Å². The molecule has 2 nitrogen and oxygen atoms in total. The van der Waals surface area contributed by atoms with Gasteiger partial charge in [0.05, 0.1) is 0 Å². The first-order valence-electron chi connectivity index (χ1n) is 20.1. The summed E-state index contributed by atoms with van der Waals surface area (Å²) in [6.45, 7) is 0. The Kier molecular flexibility index (Phi) is 7.75. The largest absolute Gasteiger partial charge is 0.455 e. The maximum atomic E-state index is 6.55. The molecule has 3 heteroatoms. The molecule has 0 atom stereocenters. The van der Waals surface area contributed by atoms with Gasteiger partial charge >= 0.3 is 0 Å². The smallest absolute Gasteiger partial charge is 0.143 e. The van der Waals surface area contributed by atoms with Gasteiger partial charge in [0, 0.05) is 53.4 Å². The number of thiophene rings is 1. The Hall–Kier alpha value is -7.46. The second-order valence-corrected chi connectivity index (χ2v) is 16.3. The van der Waals surface area contributed by atoms with E-state index in [9.17, 15) is 0 Å². The molecular weight excluding hydrogens is 735 g/mol. The van der Waals surface area contributed by atoms with Gasteiger partial charge in [-0.2, -0.15) is 0 Å².